The number of allylic oxidation sites excluding steroid dienone is 8. The molecular weight excluding hydrogens is 430 g/mol. The van der Waals surface area contributed by atoms with E-state index in [4.69, 9.17) is 5.73 Å². The second kappa shape index (κ2) is 17.4. The summed E-state index contributed by atoms with van der Waals surface area (Å²) in [6, 6.07) is 9.02. The number of likely N-dealkylation sites (tertiary alicyclic amines) is 1. The van der Waals surface area contributed by atoms with Crippen LogP contribution in [0.25, 0.3) is 0 Å². The van der Waals surface area contributed by atoms with E-state index in [1.807, 2.05) is 44.8 Å². The lowest BCUT2D eigenvalue weighted by molar-refractivity contribution is 0.276. The average Bonchev–Trinajstić information content (AvgIpc) is 3.08. The Bertz CT molecular complexity index is 932. The van der Waals surface area contributed by atoms with E-state index in [9.17, 15) is 0 Å². The second-order valence-corrected chi connectivity index (χ2v) is 8.71. The molecule has 1 unspecified atom stereocenters. The zero-order valence-corrected chi connectivity index (χ0v) is 21.7. The molecule has 3 N–H and O–H groups in total. The lowest BCUT2D eigenvalue weighted by Gasteiger charge is -2.19. The molecule has 1 aliphatic rings. The third kappa shape index (κ3) is 12.3. The van der Waals surface area contributed by atoms with Crippen molar-refractivity contribution in [2.75, 3.05) is 20.1 Å². The van der Waals surface area contributed by atoms with E-state index in [-0.39, 0.29) is 0 Å². The van der Waals surface area contributed by atoms with Gasteiger partial charge in [0.2, 0.25) is 0 Å². The molecule has 5 heteroatoms. The third-order valence-electron chi connectivity index (χ3n) is 5.73. The third-order valence-corrected chi connectivity index (χ3v) is 5.73. The Hall–Kier alpha value is -3.02. The molecule has 0 radical (unpaired) electrons. The first-order chi connectivity index (χ1) is 17.1. The summed E-state index contributed by atoms with van der Waals surface area (Å²) in [5, 5.41) is 3.12. The van der Waals surface area contributed by atoms with Gasteiger partial charge in [0.05, 0.1) is 0 Å². The number of hydrogen-bond donors (Lipinski definition) is 2. The molecule has 0 aromatic heterocycles. The van der Waals surface area contributed by atoms with Gasteiger partial charge in [-0.1, -0.05) is 67.6 Å². The minimum atomic E-state index is 0.360. The molecule has 2 rings (SSSR count). The molecule has 1 aromatic rings. The van der Waals surface area contributed by atoms with Crippen LogP contribution in [-0.2, 0) is 6.54 Å². The topological polar surface area (TPSA) is 66.0 Å². The molecular formula is C30H43N5. The zero-order valence-electron chi connectivity index (χ0n) is 21.7. The Morgan fingerprint density at radius 3 is 2.71 bits per heavy atom. The molecule has 188 valence electrons. The summed E-state index contributed by atoms with van der Waals surface area (Å²) < 4.78 is 0. The van der Waals surface area contributed by atoms with Crippen LogP contribution in [0.5, 0.6) is 0 Å². The van der Waals surface area contributed by atoms with Crippen LogP contribution in [0.1, 0.15) is 57.1 Å². The number of hydrogen-bond acceptors (Lipinski definition) is 5. The zero-order chi connectivity index (χ0) is 25.1. The Kier molecular flexibility index (Phi) is 14.0. The van der Waals surface area contributed by atoms with Crippen LogP contribution in [-0.4, -0.2) is 43.5 Å². The lowest BCUT2D eigenvalue weighted by Crippen LogP contribution is -2.26. The Balaban J connectivity index is 2.03. The SMILES string of the molecule is C/C=C\C=C/C/C=C/C(/C=N\C(=C\CC)NC)=C\N=Cc1ccc(CN2CCCC(N)CC2)cc1. The highest BCUT2D eigenvalue weighted by atomic mass is 15.1. The Labute approximate surface area is 212 Å². The first-order valence-corrected chi connectivity index (χ1v) is 12.8. The summed E-state index contributed by atoms with van der Waals surface area (Å²) in [7, 11) is 1.88. The van der Waals surface area contributed by atoms with E-state index in [0.717, 1.165) is 62.3 Å². The van der Waals surface area contributed by atoms with Gasteiger partial charge in [-0.15, -0.1) is 0 Å². The van der Waals surface area contributed by atoms with Gasteiger partial charge >= 0.3 is 0 Å². The van der Waals surface area contributed by atoms with Crippen molar-refractivity contribution in [3.05, 3.63) is 95.5 Å². The van der Waals surface area contributed by atoms with Crippen molar-refractivity contribution < 1.29 is 0 Å². The predicted octanol–water partition coefficient (Wildman–Crippen LogP) is 5.92. The van der Waals surface area contributed by atoms with Crippen LogP contribution in [0.15, 0.2) is 94.4 Å². The average molecular weight is 474 g/mol. The summed E-state index contributed by atoms with van der Waals surface area (Å²) in [4.78, 5) is 11.6. The summed E-state index contributed by atoms with van der Waals surface area (Å²) in [6.07, 6.45) is 25.2. The first-order valence-electron chi connectivity index (χ1n) is 12.8. The van der Waals surface area contributed by atoms with Crippen molar-refractivity contribution in [1.82, 2.24) is 10.2 Å². The van der Waals surface area contributed by atoms with Gasteiger partial charge in [0.1, 0.15) is 5.82 Å². The summed E-state index contributed by atoms with van der Waals surface area (Å²) in [5.74, 6) is 0.853. The smallest absolute Gasteiger partial charge is 0.121 e. The molecule has 1 fully saturated rings. The molecule has 1 atom stereocenters. The molecule has 0 aliphatic carbocycles. The standard InChI is InChI=1S/C30H43N5/c1-4-6-7-8-9-10-13-28(24-34-30(32-3)12-5-2)23-33-22-26-15-17-27(18-16-26)25-35-20-11-14-29(31)19-21-35/h4,6-8,10,12-13,15-18,22-24,29,32H,5,9,11,14,19-21,25,31H2,1-3H3/b6-4-,8-7-,13-10+,28-23+,30-12+,33-22?,34-24-. The van der Waals surface area contributed by atoms with Gasteiger partial charge in [0.25, 0.3) is 0 Å². The van der Waals surface area contributed by atoms with Crippen LogP contribution in [0.2, 0.25) is 0 Å². The van der Waals surface area contributed by atoms with Gasteiger partial charge in [-0.2, -0.15) is 0 Å². The maximum Gasteiger partial charge on any atom is 0.121 e. The van der Waals surface area contributed by atoms with Gasteiger partial charge < -0.3 is 11.1 Å². The molecule has 1 aromatic carbocycles. The minimum Gasteiger partial charge on any atom is -0.373 e. The monoisotopic (exact) mass is 473 g/mol. The fourth-order valence-electron chi connectivity index (χ4n) is 3.74. The molecule has 1 heterocycles. The molecule has 35 heavy (non-hydrogen) atoms. The highest BCUT2D eigenvalue weighted by Gasteiger charge is 2.13. The largest absolute Gasteiger partial charge is 0.373 e. The summed E-state index contributed by atoms with van der Waals surface area (Å²) in [5.41, 5.74) is 9.47. The number of benzene rings is 1. The van der Waals surface area contributed by atoms with Crippen LogP contribution < -0.4 is 11.1 Å². The maximum absolute atomic E-state index is 6.11. The Morgan fingerprint density at radius 1 is 1.14 bits per heavy atom. The number of aliphatic imine (C=N–C) groups is 2. The molecule has 1 saturated heterocycles. The minimum absolute atomic E-state index is 0.360. The van der Waals surface area contributed by atoms with E-state index >= 15 is 0 Å². The number of nitrogens with zero attached hydrogens (tertiary/aromatic N) is 3. The van der Waals surface area contributed by atoms with Crippen molar-refractivity contribution in [3.8, 4) is 0 Å². The highest BCUT2D eigenvalue weighted by molar-refractivity contribution is 5.84. The number of rotatable bonds is 12. The Morgan fingerprint density at radius 2 is 1.97 bits per heavy atom. The lowest BCUT2D eigenvalue weighted by atomic mass is 10.1. The van der Waals surface area contributed by atoms with E-state index in [1.165, 1.54) is 12.0 Å². The van der Waals surface area contributed by atoms with Crippen LogP contribution in [0, 0.1) is 0 Å². The van der Waals surface area contributed by atoms with Crippen LogP contribution >= 0.6 is 0 Å². The van der Waals surface area contributed by atoms with Gasteiger partial charge in [-0.3, -0.25) is 9.89 Å². The molecule has 1 aliphatic heterocycles. The predicted molar refractivity (Wildman–Crippen MR) is 153 cm³/mol. The van der Waals surface area contributed by atoms with Gasteiger partial charge in [-0.25, -0.2) is 4.99 Å². The van der Waals surface area contributed by atoms with Crippen molar-refractivity contribution in [1.29, 1.82) is 0 Å². The normalized spacial score (nSPS) is 19.1. The fraction of sp³-hybridized carbons (Fsp3) is 0.400. The quantitative estimate of drug-likeness (QED) is 0.292. The number of nitrogens with one attached hydrogen (secondary N) is 1. The molecule has 0 spiro atoms. The fourth-order valence-corrected chi connectivity index (χ4v) is 3.74. The maximum atomic E-state index is 6.11. The van der Waals surface area contributed by atoms with E-state index in [2.05, 4.69) is 81.8 Å². The van der Waals surface area contributed by atoms with Crippen molar-refractivity contribution >= 4 is 12.4 Å². The summed E-state index contributed by atoms with van der Waals surface area (Å²) in [6.45, 7) is 7.31. The molecule has 0 amide bonds. The summed E-state index contributed by atoms with van der Waals surface area (Å²) >= 11 is 0. The molecule has 0 bridgehead atoms. The second-order valence-electron chi connectivity index (χ2n) is 8.71. The van der Waals surface area contributed by atoms with Gasteiger partial charge in [0.15, 0.2) is 0 Å². The van der Waals surface area contributed by atoms with Crippen LogP contribution in [0.3, 0.4) is 0 Å². The first kappa shape index (κ1) is 28.2. The van der Waals surface area contributed by atoms with Crippen LogP contribution in [0.4, 0.5) is 0 Å². The van der Waals surface area contributed by atoms with Crippen molar-refractivity contribution in [3.63, 3.8) is 0 Å². The van der Waals surface area contributed by atoms with Crippen molar-refractivity contribution in [2.45, 2.75) is 58.5 Å². The van der Waals surface area contributed by atoms with Gasteiger partial charge in [-0.05, 0) is 69.3 Å². The van der Waals surface area contributed by atoms with Crippen molar-refractivity contribution in [2.24, 2.45) is 15.7 Å². The van der Waals surface area contributed by atoms with E-state index in [0.29, 0.717) is 6.04 Å². The van der Waals surface area contributed by atoms with E-state index in [1.54, 1.807) is 0 Å². The highest BCUT2D eigenvalue weighted by Crippen LogP contribution is 2.13. The van der Waals surface area contributed by atoms with Gasteiger partial charge in [0, 0.05) is 43.8 Å². The molecule has 5 nitrogen and oxygen atoms in total. The number of nitrogens with two attached hydrogens (primary N) is 1. The molecule has 0 saturated carbocycles. The van der Waals surface area contributed by atoms with E-state index < -0.39 is 0 Å².